The first-order chi connectivity index (χ1) is 13.4. The number of hydrogen-bond acceptors (Lipinski definition) is 3. The summed E-state index contributed by atoms with van der Waals surface area (Å²) in [6, 6.07) is -1.74. The van der Waals surface area contributed by atoms with Crippen LogP contribution in [0.4, 0.5) is 0 Å². The SMILES string of the molecule is [2H]c1c(CS(=O)(=O)N([2H])C)c([2H])c2c(C([2H])([2H])CN(C)C([2H])([2H])[2H])cn([2H])c2c1[2H]. The molecule has 1 aromatic heterocycles. The maximum Gasteiger partial charge on any atom is 0.215 e. The summed E-state index contributed by atoms with van der Waals surface area (Å²) in [6.07, 6.45) is -1.38. The summed E-state index contributed by atoms with van der Waals surface area (Å²) in [5.74, 6) is -0.923. The molecule has 0 aliphatic heterocycles. The average Bonchev–Trinajstić information content (AvgIpc) is 2.94. The maximum atomic E-state index is 12.1. The molecular formula is C14H21N3O2S. The van der Waals surface area contributed by atoms with Crippen LogP contribution >= 0.6 is 0 Å². The Morgan fingerprint density at radius 2 is 2.45 bits per heavy atom. The lowest BCUT2D eigenvalue weighted by Gasteiger charge is -2.08. The molecule has 0 amide bonds. The van der Waals surface area contributed by atoms with Crippen molar-refractivity contribution >= 4 is 20.9 Å². The summed E-state index contributed by atoms with van der Waals surface area (Å²) in [5, 5.41) is -0.243. The predicted molar refractivity (Wildman–Crippen MR) is 82.2 cm³/mol. The maximum absolute atomic E-state index is 12.1. The molecule has 110 valence electrons. The molecule has 2 aromatic rings. The minimum absolute atomic E-state index is 0.167. The Hall–Kier alpha value is -1.37. The minimum Gasteiger partial charge on any atom is -0.361 e. The number of nitrogens with one attached hydrogen (secondary N) is 2. The highest BCUT2D eigenvalue weighted by Gasteiger charge is 2.11. The van der Waals surface area contributed by atoms with E-state index in [4.69, 9.17) is 13.8 Å². The summed E-state index contributed by atoms with van der Waals surface area (Å²) in [4.78, 5) is 1.40. The van der Waals surface area contributed by atoms with Gasteiger partial charge in [0.05, 0.1) is 9.87 Å². The standard InChI is InChI=1S/C14H21N3O2S/c1-15-20(18,19)10-11-4-5-14-13(8-11)12(9-16-14)6-7-17(2)3/h4-5,8-9,15-16H,6-7,10H2,1-3H3/i2D3,4D,5D,6D2,8D/hD2. The van der Waals surface area contributed by atoms with Gasteiger partial charge in [0.2, 0.25) is 10.0 Å². The second-order valence-corrected chi connectivity index (χ2v) is 6.01. The topological polar surface area (TPSA) is 65.2 Å². The third-order valence-electron chi connectivity index (χ3n) is 2.55. The molecule has 5 nitrogen and oxygen atoms in total. The van der Waals surface area contributed by atoms with Gasteiger partial charge in [-0.05, 0) is 50.7 Å². The van der Waals surface area contributed by atoms with Gasteiger partial charge < -0.3 is 9.88 Å². The van der Waals surface area contributed by atoms with Gasteiger partial charge in [-0.3, -0.25) is 0 Å². The number of fused-ring (bicyclic) bond motifs is 1. The fraction of sp³-hybridized carbons (Fsp3) is 0.429. The predicted octanol–water partition coefficient (Wildman–Crippen LogP) is 1.32. The Kier molecular flexibility index (Phi) is 1.96. The number of rotatable bonds is 6. The lowest BCUT2D eigenvalue weighted by Crippen LogP contribution is -2.20. The molecule has 1 heterocycles. The fourth-order valence-corrected chi connectivity index (χ4v) is 2.22. The Morgan fingerprint density at radius 1 is 1.65 bits per heavy atom. The number of benzene rings is 1. The first-order valence-electron chi connectivity index (χ1n) is 10.6. The summed E-state index contributed by atoms with van der Waals surface area (Å²) >= 11 is 0. The van der Waals surface area contributed by atoms with Gasteiger partial charge >= 0.3 is 0 Å². The highest BCUT2D eigenvalue weighted by Crippen LogP contribution is 2.21. The molecule has 1 aromatic carbocycles. The minimum atomic E-state index is -4.21. The van der Waals surface area contributed by atoms with Crippen molar-refractivity contribution in [1.82, 2.24) is 14.6 Å². The van der Waals surface area contributed by atoms with Gasteiger partial charge in [0.1, 0.15) is 1.41 Å². The normalized spacial score (nSPS) is 21.2. The molecule has 0 saturated carbocycles. The quantitative estimate of drug-likeness (QED) is 0.846. The number of aromatic nitrogens is 1. The molecule has 20 heavy (non-hydrogen) atoms. The molecule has 0 radical (unpaired) electrons. The van der Waals surface area contributed by atoms with Crippen LogP contribution in [0.25, 0.3) is 10.9 Å². The molecule has 0 fully saturated rings. The van der Waals surface area contributed by atoms with E-state index in [1.54, 1.807) is 0 Å². The molecule has 0 saturated heterocycles. The first-order valence-corrected chi connectivity index (χ1v) is 7.33. The molecule has 6 heteroatoms. The number of hydrogen-bond donors (Lipinski definition) is 2. The molecule has 2 rings (SSSR count). The van der Waals surface area contributed by atoms with Crippen molar-refractivity contribution in [2.45, 2.75) is 12.1 Å². The second kappa shape index (κ2) is 5.95. The lowest BCUT2D eigenvalue weighted by atomic mass is 10.1. The zero-order chi connectivity index (χ0) is 23.4. The highest BCUT2D eigenvalue weighted by molar-refractivity contribution is 7.88. The van der Waals surface area contributed by atoms with E-state index in [1.807, 2.05) is 0 Å². The van der Waals surface area contributed by atoms with E-state index in [9.17, 15) is 8.42 Å². The highest BCUT2D eigenvalue weighted by atomic mass is 32.2. The smallest absolute Gasteiger partial charge is 0.215 e. The summed E-state index contributed by atoms with van der Waals surface area (Å²) in [6.45, 7) is -3.22. The number of nitrogens with zero attached hydrogens (tertiary/aromatic N) is 1. The number of aromatic amines is 1. The van der Waals surface area contributed by atoms with Crippen LogP contribution in [0.1, 0.15) is 22.1 Å². The van der Waals surface area contributed by atoms with E-state index in [-0.39, 0.29) is 21.2 Å². The van der Waals surface area contributed by atoms with E-state index in [0.29, 0.717) is 4.98 Å². The second-order valence-electron chi connectivity index (χ2n) is 4.19. The Morgan fingerprint density at radius 3 is 3.15 bits per heavy atom. The van der Waals surface area contributed by atoms with Crippen LogP contribution in [-0.2, 0) is 22.1 Å². The summed E-state index contributed by atoms with van der Waals surface area (Å²) in [5.41, 5.74) is -0.931. The van der Waals surface area contributed by atoms with Crippen molar-refractivity contribution in [1.29, 1.82) is 0 Å². The van der Waals surface area contributed by atoms with Crippen LogP contribution in [0.3, 0.4) is 0 Å². The van der Waals surface area contributed by atoms with Gasteiger partial charge in [-0.15, -0.1) is 0 Å². The van der Waals surface area contributed by atoms with E-state index in [0.717, 1.165) is 18.1 Å². The monoisotopic (exact) mass is 305 g/mol. The van der Waals surface area contributed by atoms with Crippen molar-refractivity contribution in [2.75, 3.05) is 27.6 Å². The van der Waals surface area contributed by atoms with E-state index >= 15 is 0 Å². The Labute approximate surface area is 134 Å². The molecule has 0 aliphatic rings. The zero-order valence-electron chi connectivity index (χ0n) is 21.1. The molecule has 0 spiro atoms. The lowest BCUT2D eigenvalue weighted by molar-refractivity contribution is 0.414. The first kappa shape index (κ1) is 6.60. The summed E-state index contributed by atoms with van der Waals surface area (Å²) < 4.78 is 103. The Balaban J connectivity index is 2.78. The molecule has 2 N–H and O–H groups in total. The van der Waals surface area contributed by atoms with Crippen molar-refractivity contribution in [3.8, 4) is 0 Å². The van der Waals surface area contributed by atoms with Crippen molar-refractivity contribution < 1.29 is 22.2 Å². The Bertz CT molecular complexity index is 1080. The molecular weight excluding hydrogens is 274 g/mol. The molecule has 0 aliphatic carbocycles. The largest absolute Gasteiger partial charge is 0.361 e. The van der Waals surface area contributed by atoms with E-state index < -0.39 is 59.4 Å². The van der Waals surface area contributed by atoms with Gasteiger partial charge in [0, 0.05) is 30.5 Å². The number of sulfonamides is 1. The van der Waals surface area contributed by atoms with Crippen LogP contribution in [0, 0.1) is 0 Å². The van der Waals surface area contributed by atoms with Crippen LogP contribution in [-0.4, -0.2) is 45.9 Å². The van der Waals surface area contributed by atoms with Gasteiger partial charge in [-0.25, -0.2) is 13.1 Å². The summed E-state index contributed by atoms with van der Waals surface area (Å²) in [7, 11) is -2.07. The van der Waals surface area contributed by atoms with Crippen molar-refractivity contribution in [3.63, 3.8) is 0 Å². The molecule has 0 unspecified atom stereocenters. The average molecular weight is 305 g/mol. The fourth-order valence-electron chi connectivity index (χ4n) is 1.58. The van der Waals surface area contributed by atoms with Crippen LogP contribution in [0.5, 0.6) is 0 Å². The van der Waals surface area contributed by atoms with Crippen molar-refractivity contribution in [2.24, 2.45) is 0 Å². The van der Waals surface area contributed by atoms with Crippen molar-refractivity contribution in [3.05, 3.63) is 35.5 Å². The zero-order valence-corrected chi connectivity index (χ0v) is 11.9. The van der Waals surface area contributed by atoms with Gasteiger partial charge in [-0.1, -0.05) is 6.04 Å². The van der Waals surface area contributed by atoms with Gasteiger partial charge in [-0.2, -0.15) is 0 Å². The number of likely N-dealkylation sites (N-methyl/N-ethyl adjacent to an activating group) is 1. The van der Waals surface area contributed by atoms with E-state index in [1.165, 1.54) is 7.05 Å². The van der Waals surface area contributed by atoms with Gasteiger partial charge in [0.15, 0.2) is 1.41 Å². The van der Waals surface area contributed by atoms with Crippen LogP contribution in [0.2, 0.25) is 2.82 Å². The van der Waals surface area contributed by atoms with Gasteiger partial charge in [0.25, 0.3) is 0 Å². The third-order valence-corrected chi connectivity index (χ3v) is 3.76. The van der Waals surface area contributed by atoms with Crippen LogP contribution < -0.4 is 4.72 Å². The van der Waals surface area contributed by atoms with Crippen LogP contribution in [0.15, 0.2) is 24.3 Å². The number of H-pyrrole nitrogens is 1. The molecule has 0 bridgehead atoms. The van der Waals surface area contributed by atoms with E-state index in [2.05, 4.69) is 0 Å². The molecule has 0 atom stereocenters. The third kappa shape index (κ3) is 3.59.